The summed E-state index contributed by atoms with van der Waals surface area (Å²) in [6.45, 7) is 31.9. The third-order valence-corrected chi connectivity index (χ3v) is 24.1. The molecule has 1 aromatic rings. The van der Waals surface area contributed by atoms with Crippen molar-refractivity contribution in [2.24, 2.45) is 23.2 Å². The standard InChI is InChI=1S/C89H158BN13O33/c1-63(104)96-72-74-77(131-84(9,10)128-74)88(61-124-79(72)133-88)59-119-46-43-116-40-37-113-34-31-110-28-25-102(94)50-66(92)53-122-57-87(98-70(107)21-17-15-19-23-95-69(106)20-16-14-18-22-90-135-81(3,4)82(5,6)136-90,56-121-52-65(91)49-101(93)24-27-109-30-33-112-36-39-115-42-45-118-55-86(13)76-68(48-71(108)127-86)126-83(7,8)130-76)58-123-54-67-51-103(100-99-67)26-29-111-32-35-114-38-41-117-44-47-120-60-89-62-125-80(134-89)73(97-64(2)105)75-78(89)132-85(11,12)129-75/h49-51,68,71-80,108H,14-48,52-62,91-94H2,1-13H3,(H,95,106)(H,96,104)(H,97,105)(H,98,107)/b65-49-,66-50-/t68-,71+,72-,73-,74-,75-,76-,77-,78-,79+,80+,86-,87?,88+,89+/m1/s1. The molecule has 0 spiro atoms. The third-order valence-electron chi connectivity index (χ3n) is 24.1. The summed E-state index contributed by atoms with van der Waals surface area (Å²) in [5, 5.41) is 33.8. The molecule has 1 aromatic heterocycles. The van der Waals surface area contributed by atoms with Crippen molar-refractivity contribution in [2.75, 3.05) is 224 Å². The molecule has 10 heterocycles. The zero-order valence-electron chi connectivity index (χ0n) is 82.2. The fourth-order valence-electron chi connectivity index (χ4n) is 17.1. The molecular weight excluding hydrogens is 1790 g/mol. The number of carbonyl (C=O) groups excluding carboxylic acids is 4. The van der Waals surface area contributed by atoms with Gasteiger partial charge < -0.3 is 180 Å². The predicted octanol–water partition coefficient (Wildman–Crippen LogP) is 0.481. The minimum Gasteiger partial charge on any atom is -0.403 e. The average molecular weight is 1950 g/mol. The smallest absolute Gasteiger partial charge is 0.403 e. The maximum absolute atomic E-state index is 14.3. The molecular formula is C89H158BN13O33. The van der Waals surface area contributed by atoms with Gasteiger partial charge in [0.05, 0.1) is 266 Å². The summed E-state index contributed by atoms with van der Waals surface area (Å²) in [5.74, 6) is 9.42. The first kappa shape index (κ1) is 112. The summed E-state index contributed by atoms with van der Waals surface area (Å²) in [5.41, 5.74) is 9.27. The van der Waals surface area contributed by atoms with Crippen molar-refractivity contribution in [1.82, 2.24) is 46.3 Å². The van der Waals surface area contributed by atoms with E-state index in [0.717, 1.165) is 25.6 Å². The molecule has 13 N–H and O–H groups in total. The summed E-state index contributed by atoms with van der Waals surface area (Å²) < 4.78 is 170. The van der Waals surface area contributed by atoms with E-state index in [1.807, 2.05) is 76.2 Å². The Morgan fingerprint density at radius 3 is 1.40 bits per heavy atom. The van der Waals surface area contributed by atoms with Crippen molar-refractivity contribution in [3.8, 4) is 0 Å². The van der Waals surface area contributed by atoms with Crippen LogP contribution in [-0.4, -0.2) is 404 Å². The normalized spacial score (nSPS) is 28.1. The number of hydrogen-bond acceptors (Lipinski definition) is 41. The maximum atomic E-state index is 14.3. The number of hydrogen-bond donors (Lipinski definition) is 9. The van der Waals surface area contributed by atoms with Crippen LogP contribution in [0.5, 0.6) is 0 Å². The van der Waals surface area contributed by atoms with E-state index in [1.54, 1.807) is 10.9 Å². The highest BCUT2D eigenvalue weighted by Gasteiger charge is 2.68. The maximum Gasteiger partial charge on any atom is 0.457 e. The molecule has 0 saturated carbocycles. The molecule has 780 valence electrons. The number of nitrogens with zero attached hydrogens (tertiary/aromatic N) is 5. The van der Waals surface area contributed by atoms with E-state index in [0.29, 0.717) is 157 Å². The van der Waals surface area contributed by atoms with Gasteiger partial charge in [0, 0.05) is 52.1 Å². The first-order chi connectivity index (χ1) is 64.9. The van der Waals surface area contributed by atoms with Gasteiger partial charge in [0.2, 0.25) is 23.6 Å². The van der Waals surface area contributed by atoms with Crippen LogP contribution in [-0.2, 0) is 165 Å². The molecule has 46 nitrogen and oxygen atoms in total. The lowest BCUT2D eigenvalue weighted by atomic mass is 9.82. The summed E-state index contributed by atoms with van der Waals surface area (Å²) in [6, 6.07) is -1.05. The Labute approximate surface area is 799 Å². The average Bonchev–Trinajstić information content (AvgIpc) is 1.57. The number of hydrazine groups is 2. The molecule has 136 heavy (non-hydrogen) atoms. The Hall–Kier alpha value is -5.48. The van der Waals surface area contributed by atoms with Gasteiger partial charge in [-0.15, -0.1) is 5.10 Å². The second kappa shape index (κ2) is 54.8. The molecule has 47 heteroatoms. The minimum atomic E-state index is -1.36. The molecule has 1 unspecified atom stereocenters. The van der Waals surface area contributed by atoms with Crippen LogP contribution in [0.2, 0.25) is 6.32 Å². The molecule has 9 fully saturated rings. The van der Waals surface area contributed by atoms with Gasteiger partial charge in [-0.3, -0.25) is 19.2 Å². The van der Waals surface area contributed by atoms with Gasteiger partial charge in [0.25, 0.3) is 0 Å². The highest BCUT2D eigenvalue weighted by atomic mass is 16.8. The van der Waals surface area contributed by atoms with Crippen LogP contribution in [0.15, 0.2) is 30.0 Å². The van der Waals surface area contributed by atoms with E-state index in [2.05, 4.69) is 31.6 Å². The number of fused-ring (bicyclic) bond motifs is 9. The number of rotatable bonds is 71. The van der Waals surface area contributed by atoms with Crippen LogP contribution in [0, 0.1) is 0 Å². The topological polar surface area (TPSA) is 536 Å². The van der Waals surface area contributed by atoms with Gasteiger partial charge in [-0.2, -0.15) is 0 Å². The number of aliphatic hydroxyl groups excluding tert-OH is 1. The van der Waals surface area contributed by atoms with Gasteiger partial charge in [-0.25, -0.2) is 16.4 Å². The summed E-state index contributed by atoms with van der Waals surface area (Å²) in [6.07, 6.45) is 5.63. The highest BCUT2D eigenvalue weighted by molar-refractivity contribution is 6.45. The van der Waals surface area contributed by atoms with Crippen molar-refractivity contribution in [2.45, 2.75) is 286 Å². The number of aromatic nitrogens is 3. The van der Waals surface area contributed by atoms with Crippen LogP contribution >= 0.6 is 0 Å². The number of ether oxygens (including phenoxy) is 26. The second-order valence-electron chi connectivity index (χ2n) is 38.2. The Balaban J connectivity index is 0.653. The zero-order chi connectivity index (χ0) is 97.9. The van der Waals surface area contributed by atoms with E-state index in [-0.39, 0.29) is 191 Å². The quantitative estimate of drug-likeness (QED) is 0.0185. The first-order valence-corrected chi connectivity index (χ1v) is 47.9. The minimum absolute atomic E-state index is 0.0247. The number of unbranched alkanes of at least 4 members (excludes halogenated alkanes) is 4. The Morgan fingerprint density at radius 2 is 0.919 bits per heavy atom. The van der Waals surface area contributed by atoms with Gasteiger partial charge in [0.1, 0.15) is 70.6 Å². The Morgan fingerprint density at radius 1 is 0.500 bits per heavy atom. The van der Waals surface area contributed by atoms with Crippen LogP contribution < -0.4 is 44.4 Å². The molecule has 0 aromatic carbocycles. The second-order valence-corrected chi connectivity index (χ2v) is 38.2. The number of nitrogens with two attached hydrogens (primary N) is 4. The highest BCUT2D eigenvalue weighted by Crippen LogP contribution is 2.49. The van der Waals surface area contributed by atoms with Crippen LogP contribution in [0.1, 0.15) is 153 Å². The van der Waals surface area contributed by atoms with E-state index in [9.17, 15) is 24.3 Å². The summed E-state index contributed by atoms with van der Waals surface area (Å²) in [7, 11) is -0.265. The van der Waals surface area contributed by atoms with E-state index in [1.165, 1.54) is 36.3 Å². The van der Waals surface area contributed by atoms with Crippen LogP contribution in [0.4, 0.5) is 0 Å². The van der Waals surface area contributed by atoms with Crippen LogP contribution in [0.25, 0.3) is 0 Å². The molecule has 4 amide bonds. The van der Waals surface area contributed by atoms with Gasteiger partial charge >= 0.3 is 7.12 Å². The van der Waals surface area contributed by atoms with Crippen molar-refractivity contribution < 1.29 is 157 Å². The molecule has 9 aliphatic heterocycles. The van der Waals surface area contributed by atoms with Crippen LogP contribution in [0.3, 0.4) is 0 Å². The molecule has 0 radical (unpaired) electrons. The molecule has 9 saturated heterocycles. The van der Waals surface area contributed by atoms with Crippen molar-refractivity contribution in [1.29, 1.82) is 0 Å². The zero-order valence-corrected chi connectivity index (χ0v) is 82.2. The summed E-state index contributed by atoms with van der Waals surface area (Å²) in [4.78, 5) is 51.2. The lowest BCUT2D eigenvalue weighted by molar-refractivity contribution is -0.269. The molecule has 10 rings (SSSR count). The number of aliphatic hydroxyl groups is 1. The molecule has 15 atom stereocenters. The molecule has 4 bridgehead atoms. The molecule has 9 aliphatic rings. The van der Waals surface area contributed by atoms with Crippen molar-refractivity contribution in [3.63, 3.8) is 0 Å². The number of nitrogens with one attached hydrogen (secondary N) is 4. The predicted molar refractivity (Wildman–Crippen MR) is 483 cm³/mol. The fraction of sp³-hybridized carbons (Fsp3) is 0.888. The van der Waals surface area contributed by atoms with Crippen molar-refractivity contribution in [3.05, 3.63) is 35.7 Å². The number of amides is 4. The Bertz CT molecular complexity index is 3760. The lowest BCUT2D eigenvalue weighted by Crippen LogP contribution is -2.65. The number of carbonyl (C=O) groups is 4. The van der Waals surface area contributed by atoms with Gasteiger partial charge in [0.15, 0.2) is 36.2 Å². The third kappa shape index (κ3) is 36.4. The van der Waals surface area contributed by atoms with Gasteiger partial charge in [-0.1, -0.05) is 24.5 Å². The first-order valence-electron chi connectivity index (χ1n) is 47.9. The monoisotopic (exact) mass is 1950 g/mol. The summed E-state index contributed by atoms with van der Waals surface area (Å²) >= 11 is 0. The Kier molecular flexibility index (Phi) is 45.4. The lowest BCUT2D eigenvalue weighted by Gasteiger charge is -2.42. The van der Waals surface area contributed by atoms with Crippen molar-refractivity contribution >= 4 is 30.7 Å². The van der Waals surface area contributed by atoms with E-state index < -0.39 is 95.1 Å². The fourth-order valence-corrected chi connectivity index (χ4v) is 17.1. The van der Waals surface area contributed by atoms with E-state index in [4.69, 9.17) is 156 Å². The molecule has 0 aliphatic carbocycles. The van der Waals surface area contributed by atoms with Gasteiger partial charge in [-0.05, 0) is 102 Å². The van der Waals surface area contributed by atoms with E-state index >= 15 is 0 Å². The largest absolute Gasteiger partial charge is 0.457 e. The SMILES string of the molecule is CC(=O)N[C@H]1[C@H]2OC[C@](COCCOCCOCCOCCN(N)/C=C(\N)COCC(COC/C(N)=C/N(N)CCOCCOCCOCCOC[C@@]3(C)O[C@H](O)C[C@H]4OC(C)(C)O[C@H]43)(COCc3cn(CCOCCOCCOCCOC[C@@]45CO[C@@H](O4)[C@H](NC(C)=O)[C@H]4OC(C)(C)O[C@H]45)nn3)NC(=O)CCCCCNC(=O)CCCCCB3OC(C)(C)C(C)(C)O3)(O2)[C@@H]2OC(C)(C)O[C@H]12.